The minimum Gasteiger partial charge on any atom is -0.345 e. The third-order valence-corrected chi connectivity index (χ3v) is 7.06. The molecule has 0 N–H and O–H groups in total. The third-order valence-electron chi connectivity index (χ3n) is 7.06. The highest BCUT2D eigenvalue weighted by Gasteiger charge is 2.34. The molecule has 1 fully saturated rings. The first-order valence-electron chi connectivity index (χ1n) is 13.3. The van der Waals surface area contributed by atoms with E-state index in [1.54, 1.807) is 0 Å². The highest BCUT2D eigenvalue weighted by molar-refractivity contribution is 5.85. The molecule has 0 saturated heterocycles. The van der Waals surface area contributed by atoms with E-state index in [1.807, 2.05) is 34.1 Å². The molecule has 1 aliphatic rings. The van der Waals surface area contributed by atoms with Crippen LogP contribution in [0.4, 0.5) is 0 Å². The van der Waals surface area contributed by atoms with Crippen molar-refractivity contribution in [3.05, 3.63) is 95.3 Å². The van der Waals surface area contributed by atoms with Crippen molar-refractivity contribution in [2.24, 2.45) is 0 Å². The van der Waals surface area contributed by atoms with Gasteiger partial charge in [-0.2, -0.15) is 0 Å². The average Bonchev–Trinajstić information content (AvgIpc) is 3.64. The van der Waals surface area contributed by atoms with Crippen LogP contribution in [-0.2, 0) is 29.2 Å². The molecular formula is C31H39N3O2. The summed E-state index contributed by atoms with van der Waals surface area (Å²) >= 11 is 0. The zero-order valence-corrected chi connectivity index (χ0v) is 21.7. The van der Waals surface area contributed by atoms with Crippen molar-refractivity contribution in [2.75, 3.05) is 6.54 Å². The van der Waals surface area contributed by atoms with Crippen molar-refractivity contribution in [2.45, 2.75) is 78.0 Å². The van der Waals surface area contributed by atoms with Gasteiger partial charge >= 0.3 is 0 Å². The number of hydrogen-bond donors (Lipinski definition) is 0. The van der Waals surface area contributed by atoms with E-state index in [0.29, 0.717) is 19.5 Å². The minimum atomic E-state index is 0.0123. The lowest BCUT2D eigenvalue weighted by molar-refractivity contribution is -0.141. The largest absolute Gasteiger partial charge is 0.345 e. The molecule has 3 aromatic rings. The van der Waals surface area contributed by atoms with E-state index < -0.39 is 0 Å². The van der Waals surface area contributed by atoms with E-state index in [-0.39, 0.29) is 24.4 Å². The summed E-state index contributed by atoms with van der Waals surface area (Å²) < 4.78 is 2.22. The zero-order valence-electron chi connectivity index (χ0n) is 21.7. The maximum atomic E-state index is 13.7. The maximum Gasteiger partial charge on any atom is 0.242 e. The summed E-state index contributed by atoms with van der Waals surface area (Å²) in [5, 5.41) is 0. The number of benzene rings is 2. The summed E-state index contributed by atoms with van der Waals surface area (Å²) in [6.07, 6.45) is 7.66. The summed E-state index contributed by atoms with van der Waals surface area (Å²) in [6, 6.07) is 22.9. The van der Waals surface area contributed by atoms with Crippen LogP contribution in [0.5, 0.6) is 0 Å². The van der Waals surface area contributed by atoms with Crippen LogP contribution in [0.25, 0.3) is 0 Å². The molecule has 1 saturated carbocycles. The normalized spacial score (nSPS) is 12.9. The maximum absolute atomic E-state index is 13.7. The Morgan fingerprint density at radius 2 is 1.64 bits per heavy atom. The number of unbranched alkanes of at least 4 members (excludes halogenated alkanes) is 2. The molecule has 0 spiro atoms. The molecule has 1 heterocycles. The number of hydrogen-bond acceptors (Lipinski definition) is 2. The molecule has 0 aliphatic heterocycles. The van der Waals surface area contributed by atoms with Crippen molar-refractivity contribution < 1.29 is 9.59 Å². The van der Waals surface area contributed by atoms with E-state index in [2.05, 4.69) is 67.1 Å². The molecule has 0 radical (unpaired) electrons. The van der Waals surface area contributed by atoms with Crippen LogP contribution in [0.15, 0.2) is 72.9 Å². The van der Waals surface area contributed by atoms with Crippen molar-refractivity contribution in [3.63, 3.8) is 0 Å². The van der Waals surface area contributed by atoms with Gasteiger partial charge in [0.1, 0.15) is 6.54 Å². The Kier molecular flexibility index (Phi) is 8.99. The Balaban J connectivity index is 1.51. The van der Waals surface area contributed by atoms with Gasteiger partial charge in [-0.15, -0.1) is 0 Å². The quantitative estimate of drug-likeness (QED) is 0.281. The van der Waals surface area contributed by atoms with Crippen LogP contribution in [0.2, 0.25) is 0 Å². The van der Waals surface area contributed by atoms with Gasteiger partial charge in [-0.3, -0.25) is 9.59 Å². The van der Waals surface area contributed by atoms with E-state index in [9.17, 15) is 9.59 Å². The topological polar surface area (TPSA) is 45.6 Å². The SMILES string of the molecule is CCCCCC(=O)N(CC(=O)N(Cc1ccccc1)Cc1cccn1Cc1ccccc1C)C1CC1. The van der Waals surface area contributed by atoms with Gasteiger partial charge in [0.15, 0.2) is 0 Å². The highest BCUT2D eigenvalue weighted by atomic mass is 16.2. The first-order valence-corrected chi connectivity index (χ1v) is 13.3. The molecule has 4 rings (SSSR count). The number of rotatable bonds is 13. The molecular weight excluding hydrogens is 446 g/mol. The Hall–Kier alpha value is -3.34. The Bertz CT molecular complexity index is 1130. The Morgan fingerprint density at radius 3 is 2.36 bits per heavy atom. The fraction of sp³-hybridized carbons (Fsp3) is 0.419. The lowest BCUT2D eigenvalue weighted by Gasteiger charge is -2.28. The van der Waals surface area contributed by atoms with Crippen molar-refractivity contribution in [1.29, 1.82) is 0 Å². The average molecular weight is 486 g/mol. The lowest BCUT2D eigenvalue weighted by atomic mass is 10.1. The van der Waals surface area contributed by atoms with Crippen LogP contribution in [0.1, 0.15) is 67.8 Å². The minimum absolute atomic E-state index is 0.0123. The Labute approximate surface area is 215 Å². The molecule has 0 atom stereocenters. The summed E-state index contributed by atoms with van der Waals surface area (Å²) in [4.78, 5) is 30.4. The molecule has 190 valence electrons. The van der Waals surface area contributed by atoms with Crippen LogP contribution < -0.4 is 0 Å². The van der Waals surface area contributed by atoms with Crippen LogP contribution in [-0.4, -0.2) is 38.8 Å². The molecule has 0 unspecified atom stereocenters. The second kappa shape index (κ2) is 12.6. The second-order valence-corrected chi connectivity index (χ2v) is 10.00. The number of amides is 2. The number of carbonyl (C=O) groups is 2. The number of aromatic nitrogens is 1. The van der Waals surface area contributed by atoms with E-state index >= 15 is 0 Å². The summed E-state index contributed by atoms with van der Waals surface area (Å²) in [7, 11) is 0. The van der Waals surface area contributed by atoms with Gasteiger partial charge in [0.2, 0.25) is 11.8 Å². The van der Waals surface area contributed by atoms with Gasteiger partial charge in [0, 0.05) is 37.4 Å². The number of aryl methyl sites for hydroxylation is 1. The van der Waals surface area contributed by atoms with E-state index in [1.165, 1.54) is 11.1 Å². The van der Waals surface area contributed by atoms with Crippen LogP contribution in [0.3, 0.4) is 0 Å². The molecule has 2 aromatic carbocycles. The van der Waals surface area contributed by atoms with Crippen molar-refractivity contribution in [3.8, 4) is 0 Å². The molecule has 0 bridgehead atoms. The predicted octanol–water partition coefficient (Wildman–Crippen LogP) is 5.94. The molecule has 5 nitrogen and oxygen atoms in total. The first-order chi connectivity index (χ1) is 17.5. The van der Waals surface area contributed by atoms with Gasteiger partial charge in [-0.1, -0.05) is 74.4 Å². The van der Waals surface area contributed by atoms with Gasteiger partial charge < -0.3 is 14.4 Å². The van der Waals surface area contributed by atoms with Crippen LogP contribution in [0, 0.1) is 6.92 Å². The summed E-state index contributed by atoms with van der Waals surface area (Å²) in [5.41, 5.74) is 4.72. The molecule has 5 heteroatoms. The molecule has 2 amide bonds. The molecule has 1 aliphatic carbocycles. The smallest absolute Gasteiger partial charge is 0.242 e. The highest BCUT2D eigenvalue weighted by Crippen LogP contribution is 2.28. The summed E-state index contributed by atoms with van der Waals surface area (Å²) in [5.74, 6) is 0.139. The second-order valence-electron chi connectivity index (χ2n) is 10.00. The van der Waals surface area contributed by atoms with Gasteiger partial charge in [-0.05, 0) is 55.0 Å². The molecule has 36 heavy (non-hydrogen) atoms. The van der Waals surface area contributed by atoms with Crippen molar-refractivity contribution in [1.82, 2.24) is 14.4 Å². The van der Waals surface area contributed by atoms with Crippen LogP contribution >= 0.6 is 0 Å². The van der Waals surface area contributed by atoms with E-state index in [0.717, 1.165) is 49.9 Å². The Morgan fingerprint density at radius 1 is 0.889 bits per heavy atom. The third kappa shape index (κ3) is 7.09. The van der Waals surface area contributed by atoms with Crippen molar-refractivity contribution >= 4 is 11.8 Å². The standard InChI is InChI=1S/C31H39N3O2/c1-3-4-6-17-30(35)34(28-18-19-28)24-31(36)33(21-26-13-7-5-8-14-26)23-29-16-11-20-32(29)22-27-15-10-9-12-25(27)2/h5,7-16,20,28H,3-4,6,17-19,21-24H2,1-2H3. The number of nitrogens with zero attached hydrogens (tertiary/aromatic N) is 3. The lowest BCUT2D eigenvalue weighted by Crippen LogP contribution is -2.43. The molecule has 1 aromatic heterocycles. The van der Waals surface area contributed by atoms with Gasteiger partial charge in [0.05, 0.1) is 6.54 Å². The summed E-state index contributed by atoms with van der Waals surface area (Å²) in [6.45, 7) is 6.25. The van der Waals surface area contributed by atoms with Gasteiger partial charge in [0.25, 0.3) is 0 Å². The fourth-order valence-corrected chi connectivity index (χ4v) is 4.67. The predicted molar refractivity (Wildman–Crippen MR) is 144 cm³/mol. The first kappa shape index (κ1) is 25.7. The monoisotopic (exact) mass is 485 g/mol. The fourth-order valence-electron chi connectivity index (χ4n) is 4.67. The number of carbonyl (C=O) groups excluding carboxylic acids is 2. The van der Waals surface area contributed by atoms with Gasteiger partial charge in [-0.25, -0.2) is 0 Å². The zero-order chi connectivity index (χ0) is 25.3. The van der Waals surface area contributed by atoms with E-state index in [4.69, 9.17) is 0 Å².